The van der Waals surface area contributed by atoms with Crippen LogP contribution in [0.15, 0.2) is 97.1 Å². The minimum atomic E-state index is -4.72. The zero-order valence-corrected chi connectivity index (χ0v) is 26.0. The molecule has 0 atom stereocenters. The maximum absolute atomic E-state index is 13.3. The van der Waals surface area contributed by atoms with E-state index in [4.69, 9.17) is 9.97 Å². The molecule has 0 spiro atoms. The molecule has 4 aromatic heterocycles. The Balaban J connectivity index is 0.00000384. The summed E-state index contributed by atoms with van der Waals surface area (Å²) in [6, 6.07) is 30.0. The first kappa shape index (κ1) is 30.9. The van der Waals surface area contributed by atoms with E-state index in [0.717, 1.165) is 15.8 Å². The van der Waals surface area contributed by atoms with Gasteiger partial charge in [0.1, 0.15) is 5.41 Å². The van der Waals surface area contributed by atoms with Crippen LogP contribution in [0.1, 0.15) is 54.9 Å². The molecule has 0 amide bonds. The van der Waals surface area contributed by atoms with Crippen LogP contribution in [0.5, 0.6) is 0 Å². The average molecular weight is 774 g/mol. The van der Waals surface area contributed by atoms with Gasteiger partial charge in [0.25, 0.3) is 0 Å². The fourth-order valence-corrected chi connectivity index (χ4v) is 4.88. The number of hydrogen-bond donors (Lipinski definition) is 0. The van der Waals surface area contributed by atoms with E-state index in [1.54, 1.807) is 12.1 Å². The number of aromatic nitrogens is 8. The van der Waals surface area contributed by atoms with Gasteiger partial charge in [0, 0.05) is 24.0 Å². The van der Waals surface area contributed by atoms with Gasteiger partial charge in [0.05, 0.1) is 17.5 Å². The smallest absolute Gasteiger partial charge is 0.349 e. The minimum absolute atomic E-state index is 0. The molecule has 4 heterocycles. The van der Waals surface area contributed by atoms with Crippen molar-refractivity contribution in [2.24, 2.45) is 0 Å². The summed E-state index contributed by atoms with van der Waals surface area (Å²) in [5.74, 6) is -0.0708. The normalized spacial score (nSPS) is 12.1. The van der Waals surface area contributed by atoms with E-state index in [1.165, 1.54) is 4.68 Å². The van der Waals surface area contributed by atoms with Crippen LogP contribution in [0.4, 0.5) is 13.2 Å². The third kappa shape index (κ3) is 5.71. The summed E-state index contributed by atoms with van der Waals surface area (Å²) in [5.41, 5.74) is 1.40. The summed E-state index contributed by atoms with van der Waals surface area (Å²) in [6.45, 7) is 6.05. The van der Waals surface area contributed by atoms with Crippen molar-refractivity contribution < 1.29 is 34.2 Å². The maximum Gasteiger partial charge on any atom is 2.00 e. The summed E-state index contributed by atoms with van der Waals surface area (Å²) in [7, 11) is 0. The second kappa shape index (κ2) is 11.9. The number of pyridine rings is 2. The van der Waals surface area contributed by atoms with Crippen LogP contribution >= 0.6 is 0 Å². The molecule has 0 unspecified atom stereocenters. The van der Waals surface area contributed by atoms with Gasteiger partial charge in [-0.1, -0.05) is 106 Å². The molecule has 0 aliphatic heterocycles. The Bertz CT molecular complexity index is 1720. The van der Waals surface area contributed by atoms with Crippen LogP contribution in [-0.4, -0.2) is 39.5 Å². The molecule has 0 radical (unpaired) electrons. The fraction of sp³-hybridized carbons (Fsp3) is 0.188. The van der Waals surface area contributed by atoms with Crippen LogP contribution < -0.4 is 0 Å². The van der Waals surface area contributed by atoms with Crippen LogP contribution in [0, 0.1) is 12.7 Å². The zero-order chi connectivity index (χ0) is 30.2. The fourth-order valence-electron chi connectivity index (χ4n) is 4.88. The van der Waals surface area contributed by atoms with E-state index in [2.05, 4.69) is 32.8 Å². The SMILES string of the molecule is CC(C)(C)c1n[c-]n(-c2cccc(C(c3ccccc3)(c3ccccc3)c3cccc(-n4[c-]nc(C(F)(F)F)n4)n3)n2)n1.[Pt+2]. The van der Waals surface area contributed by atoms with Gasteiger partial charge >= 0.3 is 27.2 Å². The van der Waals surface area contributed by atoms with Gasteiger partial charge in [-0.25, -0.2) is 10.2 Å². The number of hydrogen-bond acceptors (Lipinski definition) is 6. The second-order valence-corrected chi connectivity index (χ2v) is 10.9. The van der Waals surface area contributed by atoms with Crippen molar-refractivity contribution in [3.8, 4) is 11.6 Å². The molecule has 0 aliphatic rings. The molecule has 224 valence electrons. The van der Waals surface area contributed by atoms with Crippen LogP contribution in [0.25, 0.3) is 11.6 Å². The molecular formula is C32H25F3N8Pt. The average Bonchev–Trinajstić information content (AvgIpc) is 3.71. The largest absolute Gasteiger partial charge is 2.00 e. The van der Waals surface area contributed by atoms with Gasteiger partial charge < -0.3 is 19.3 Å². The number of nitrogens with zero attached hydrogens (tertiary/aromatic N) is 8. The first-order valence-electron chi connectivity index (χ1n) is 13.4. The van der Waals surface area contributed by atoms with E-state index >= 15 is 0 Å². The predicted molar refractivity (Wildman–Crippen MR) is 152 cm³/mol. The molecule has 0 N–H and O–H groups in total. The maximum atomic E-state index is 13.3. The standard InChI is InChI=1S/C32H25F3N8.Pt/c1-30(2,3)28-36-20-42(40-28)26-18-10-16-24(38-26)31(22-12-6-4-7-13-22,23-14-8-5-9-15-23)25-17-11-19-27(39-25)43-21-37-29(41-43)32(33,34)35;/h4-19H,1-3H3;/q-2;+2. The van der Waals surface area contributed by atoms with Crippen LogP contribution in [-0.2, 0) is 38.1 Å². The van der Waals surface area contributed by atoms with Gasteiger partial charge in [-0.15, -0.1) is 0 Å². The minimum Gasteiger partial charge on any atom is -0.349 e. The molecule has 8 nitrogen and oxygen atoms in total. The molecular weight excluding hydrogens is 748 g/mol. The van der Waals surface area contributed by atoms with Gasteiger partial charge in [-0.3, -0.25) is 9.97 Å². The van der Waals surface area contributed by atoms with Crippen LogP contribution in [0.2, 0.25) is 0 Å². The van der Waals surface area contributed by atoms with Crippen molar-refractivity contribution in [2.75, 3.05) is 0 Å². The van der Waals surface area contributed by atoms with Gasteiger partial charge in [-0.2, -0.15) is 13.2 Å². The van der Waals surface area contributed by atoms with E-state index < -0.39 is 17.4 Å². The van der Waals surface area contributed by atoms with Crippen molar-refractivity contribution in [1.29, 1.82) is 0 Å². The summed E-state index contributed by atoms with van der Waals surface area (Å²) in [6.07, 6.45) is 0.525. The van der Waals surface area contributed by atoms with Crippen molar-refractivity contribution in [2.45, 2.75) is 37.8 Å². The molecule has 12 heteroatoms. The number of rotatable bonds is 6. The van der Waals surface area contributed by atoms with E-state index in [-0.39, 0.29) is 32.3 Å². The van der Waals surface area contributed by atoms with E-state index in [0.29, 0.717) is 23.0 Å². The Labute approximate surface area is 266 Å². The van der Waals surface area contributed by atoms with E-state index in [9.17, 15) is 13.2 Å². The Morgan fingerprint density at radius 1 is 0.568 bits per heavy atom. The summed E-state index contributed by atoms with van der Waals surface area (Å²) >= 11 is 0. The molecule has 6 rings (SSSR count). The van der Waals surface area contributed by atoms with Gasteiger partial charge in [0.15, 0.2) is 5.82 Å². The Morgan fingerprint density at radius 3 is 1.39 bits per heavy atom. The van der Waals surface area contributed by atoms with Crippen molar-refractivity contribution in [3.05, 3.63) is 144 Å². The molecule has 0 bridgehead atoms. The first-order valence-corrected chi connectivity index (χ1v) is 13.4. The zero-order valence-electron chi connectivity index (χ0n) is 23.8. The second-order valence-electron chi connectivity index (χ2n) is 10.9. The summed E-state index contributed by atoms with van der Waals surface area (Å²) < 4.78 is 42.3. The Kier molecular flexibility index (Phi) is 8.35. The molecule has 0 saturated carbocycles. The van der Waals surface area contributed by atoms with Gasteiger partial charge in [0.2, 0.25) is 0 Å². The molecule has 0 saturated heterocycles. The van der Waals surface area contributed by atoms with Crippen molar-refractivity contribution in [1.82, 2.24) is 39.5 Å². The molecule has 44 heavy (non-hydrogen) atoms. The molecule has 0 aliphatic carbocycles. The summed E-state index contributed by atoms with van der Waals surface area (Å²) in [5, 5.41) is 8.22. The third-order valence-corrected chi connectivity index (χ3v) is 6.90. The summed E-state index contributed by atoms with van der Waals surface area (Å²) in [4.78, 5) is 17.6. The monoisotopic (exact) mass is 773 g/mol. The molecule has 0 fully saturated rings. The molecule has 6 aromatic rings. The predicted octanol–water partition coefficient (Wildman–Crippen LogP) is 5.93. The number of benzene rings is 2. The number of alkyl halides is 3. The Hall–Kier alpha value is -4.50. The van der Waals surface area contributed by atoms with Crippen molar-refractivity contribution in [3.63, 3.8) is 0 Å². The van der Waals surface area contributed by atoms with E-state index in [1.807, 2.05) is 106 Å². The van der Waals surface area contributed by atoms with Crippen molar-refractivity contribution >= 4 is 0 Å². The quantitative estimate of drug-likeness (QED) is 0.195. The van der Waals surface area contributed by atoms with Crippen LogP contribution in [0.3, 0.4) is 0 Å². The molecule has 2 aromatic carbocycles. The Morgan fingerprint density at radius 2 is 1.00 bits per heavy atom. The topological polar surface area (TPSA) is 87.2 Å². The van der Waals surface area contributed by atoms with Gasteiger partial charge in [-0.05, 0) is 28.7 Å². The number of halogens is 3. The first-order chi connectivity index (χ1) is 20.6. The third-order valence-electron chi connectivity index (χ3n) is 6.90.